The van der Waals surface area contributed by atoms with Gasteiger partial charge in [-0.15, -0.1) is 11.6 Å². The van der Waals surface area contributed by atoms with Gasteiger partial charge < -0.3 is 10.1 Å². The van der Waals surface area contributed by atoms with Gasteiger partial charge in [-0.25, -0.2) is 0 Å². The van der Waals surface area contributed by atoms with E-state index in [-0.39, 0.29) is 11.8 Å². The summed E-state index contributed by atoms with van der Waals surface area (Å²) in [7, 11) is 1.61. The Morgan fingerprint density at radius 3 is 2.65 bits per heavy atom. The van der Waals surface area contributed by atoms with Crippen molar-refractivity contribution >= 4 is 33.4 Å². The van der Waals surface area contributed by atoms with E-state index in [1.165, 1.54) is 0 Å². The number of alkyl halides is 1. The molecule has 0 spiro atoms. The highest BCUT2D eigenvalue weighted by atomic mass is 79.9. The molecule has 1 rings (SSSR count). The summed E-state index contributed by atoms with van der Waals surface area (Å²) >= 11 is 8.90. The van der Waals surface area contributed by atoms with Gasteiger partial charge in [0.25, 0.3) is 0 Å². The van der Waals surface area contributed by atoms with Crippen LogP contribution >= 0.6 is 27.5 Å². The summed E-state index contributed by atoms with van der Waals surface area (Å²) < 4.78 is 6.01. The van der Waals surface area contributed by atoms with Crippen molar-refractivity contribution in [2.75, 3.05) is 13.0 Å². The van der Waals surface area contributed by atoms with E-state index >= 15 is 0 Å². The summed E-state index contributed by atoms with van der Waals surface area (Å²) in [6.07, 6.45) is 0. The maximum absolute atomic E-state index is 11.3. The minimum atomic E-state index is -0.471. The van der Waals surface area contributed by atoms with Crippen molar-refractivity contribution in [2.45, 2.75) is 19.4 Å². The molecule has 1 amide bonds. The summed E-state index contributed by atoms with van der Waals surface area (Å²) in [5, 5.41) is 2.85. The maximum Gasteiger partial charge on any atom is 0.235 e. The van der Waals surface area contributed by atoms with E-state index < -0.39 is 5.54 Å². The van der Waals surface area contributed by atoms with Crippen LogP contribution in [0.25, 0.3) is 0 Å². The number of hydrogen-bond acceptors (Lipinski definition) is 2. The van der Waals surface area contributed by atoms with Gasteiger partial charge in [0, 0.05) is 0 Å². The number of carbonyl (C=O) groups is 1. The third-order valence-corrected chi connectivity index (χ3v) is 3.31. The molecule has 1 aromatic carbocycles. The number of amides is 1. The molecule has 0 unspecified atom stereocenters. The van der Waals surface area contributed by atoms with E-state index in [1.54, 1.807) is 7.11 Å². The van der Waals surface area contributed by atoms with Gasteiger partial charge in [-0.1, -0.05) is 6.07 Å². The second kappa shape index (κ2) is 5.74. The summed E-state index contributed by atoms with van der Waals surface area (Å²) in [6, 6.07) is 5.69. The SMILES string of the molecule is COc1ccc(C(C)(C)NC(=O)CCl)cc1Br. The fourth-order valence-electron chi connectivity index (χ4n) is 1.51. The number of benzene rings is 1. The fourth-order valence-corrected chi connectivity index (χ4v) is 2.12. The Labute approximate surface area is 115 Å². The molecule has 17 heavy (non-hydrogen) atoms. The van der Waals surface area contributed by atoms with Crippen molar-refractivity contribution in [1.29, 1.82) is 0 Å². The largest absolute Gasteiger partial charge is 0.496 e. The number of nitrogens with one attached hydrogen (secondary N) is 1. The van der Waals surface area contributed by atoms with Gasteiger partial charge in [0.1, 0.15) is 11.6 Å². The van der Waals surface area contributed by atoms with E-state index in [0.717, 1.165) is 15.8 Å². The standard InChI is InChI=1S/C12H15BrClNO2/c1-12(2,15-11(16)7-14)8-4-5-10(17-3)9(13)6-8/h4-6H,7H2,1-3H3,(H,15,16). The van der Waals surface area contributed by atoms with E-state index in [2.05, 4.69) is 21.2 Å². The number of ether oxygens (including phenoxy) is 1. The average Bonchev–Trinajstić information content (AvgIpc) is 2.28. The summed E-state index contributed by atoms with van der Waals surface area (Å²) in [5.74, 6) is 0.526. The van der Waals surface area contributed by atoms with Crippen LogP contribution in [0, 0.1) is 0 Å². The van der Waals surface area contributed by atoms with Crippen LogP contribution in [0.3, 0.4) is 0 Å². The zero-order valence-electron chi connectivity index (χ0n) is 10.0. The summed E-state index contributed by atoms with van der Waals surface area (Å²) in [6.45, 7) is 3.84. The lowest BCUT2D eigenvalue weighted by molar-refractivity contribution is -0.120. The van der Waals surface area contributed by atoms with Gasteiger partial charge >= 0.3 is 0 Å². The van der Waals surface area contributed by atoms with E-state index in [0.29, 0.717) is 0 Å². The molecule has 0 saturated heterocycles. The van der Waals surface area contributed by atoms with Crippen LogP contribution in [-0.2, 0) is 10.3 Å². The smallest absolute Gasteiger partial charge is 0.235 e. The van der Waals surface area contributed by atoms with Crippen LogP contribution in [-0.4, -0.2) is 18.9 Å². The Morgan fingerprint density at radius 1 is 1.53 bits per heavy atom. The van der Waals surface area contributed by atoms with Gasteiger partial charge in [-0.2, -0.15) is 0 Å². The molecule has 94 valence electrons. The molecule has 3 nitrogen and oxygen atoms in total. The lowest BCUT2D eigenvalue weighted by Crippen LogP contribution is -2.41. The van der Waals surface area contributed by atoms with Crippen molar-refractivity contribution in [3.05, 3.63) is 28.2 Å². The van der Waals surface area contributed by atoms with Crippen LogP contribution in [0.2, 0.25) is 0 Å². The molecule has 0 aliphatic rings. The lowest BCUT2D eigenvalue weighted by atomic mass is 9.94. The molecule has 0 saturated carbocycles. The Bertz CT molecular complexity index is 421. The van der Waals surface area contributed by atoms with E-state index in [1.807, 2.05) is 32.0 Å². The number of carbonyl (C=O) groups excluding carboxylic acids is 1. The predicted molar refractivity (Wildman–Crippen MR) is 72.6 cm³/mol. The molecule has 0 atom stereocenters. The highest BCUT2D eigenvalue weighted by Gasteiger charge is 2.23. The molecule has 1 N–H and O–H groups in total. The molecular weight excluding hydrogens is 305 g/mol. The highest BCUT2D eigenvalue weighted by Crippen LogP contribution is 2.30. The van der Waals surface area contributed by atoms with Crippen molar-refractivity contribution in [3.8, 4) is 5.75 Å². The molecule has 0 fully saturated rings. The topological polar surface area (TPSA) is 38.3 Å². The third-order valence-electron chi connectivity index (χ3n) is 2.45. The van der Waals surface area contributed by atoms with E-state index in [9.17, 15) is 4.79 Å². The molecule has 0 aromatic heterocycles. The highest BCUT2D eigenvalue weighted by molar-refractivity contribution is 9.10. The molecule has 0 aliphatic heterocycles. The van der Waals surface area contributed by atoms with Gasteiger partial charge in [0.05, 0.1) is 17.1 Å². The van der Waals surface area contributed by atoms with E-state index in [4.69, 9.17) is 16.3 Å². The van der Waals surface area contributed by atoms with Crippen molar-refractivity contribution < 1.29 is 9.53 Å². The maximum atomic E-state index is 11.3. The zero-order chi connectivity index (χ0) is 13.1. The first kappa shape index (κ1) is 14.3. The van der Waals surface area contributed by atoms with Crippen LogP contribution < -0.4 is 10.1 Å². The Hall–Kier alpha value is -0.740. The molecule has 0 heterocycles. The Morgan fingerprint density at radius 2 is 2.18 bits per heavy atom. The Kier molecular flexibility index (Phi) is 4.83. The first-order valence-corrected chi connectivity index (χ1v) is 6.44. The summed E-state index contributed by atoms with van der Waals surface area (Å²) in [5.41, 5.74) is 0.504. The Balaban J connectivity index is 2.98. The van der Waals surface area contributed by atoms with Crippen molar-refractivity contribution in [2.24, 2.45) is 0 Å². The second-order valence-electron chi connectivity index (χ2n) is 4.16. The number of methoxy groups -OCH3 is 1. The summed E-state index contributed by atoms with van der Waals surface area (Å²) in [4.78, 5) is 11.3. The quantitative estimate of drug-likeness (QED) is 0.866. The van der Waals surface area contributed by atoms with Crippen LogP contribution in [0.5, 0.6) is 5.75 Å². The van der Waals surface area contributed by atoms with Crippen LogP contribution in [0.1, 0.15) is 19.4 Å². The first-order chi connectivity index (χ1) is 7.90. The third kappa shape index (κ3) is 3.61. The minimum absolute atomic E-state index is 0.0409. The predicted octanol–water partition coefficient (Wildman–Crippen LogP) is 3.05. The molecule has 0 radical (unpaired) electrons. The monoisotopic (exact) mass is 319 g/mol. The zero-order valence-corrected chi connectivity index (χ0v) is 12.4. The molecule has 0 bridgehead atoms. The molecule has 0 aliphatic carbocycles. The second-order valence-corrected chi connectivity index (χ2v) is 5.28. The van der Waals surface area contributed by atoms with Gasteiger partial charge in [-0.3, -0.25) is 4.79 Å². The minimum Gasteiger partial charge on any atom is -0.496 e. The van der Waals surface area contributed by atoms with Gasteiger partial charge in [-0.05, 0) is 47.5 Å². The first-order valence-electron chi connectivity index (χ1n) is 5.11. The normalized spacial score (nSPS) is 11.1. The van der Waals surface area contributed by atoms with Gasteiger partial charge in [0.2, 0.25) is 5.91 Å². The molecule has 5 heteroatoms. The van der Waals surface area contributed by atoms with Crippen molar-refractivity contribution in [3.63, 3.8) is 0 Å². The fraction of sp³-hybridized carbons (Fsp3) is 0.417. The number of halogens is 2. The number of hydrogen-bond donors (Lipinski definition) is 1. The molecule has 1 aromatic rings. The lowest BCUT2D eigenvalue weighted by Gasteiger charge is -2.27. The van der Waals surface area contributed by atoms with Crippen molar-refractivity contribution in [1.82, 2.24) is 5.32 Å². The average molecular weight is 321 g/mol. The number of rotatable bonds is 4. The van der Waals surface area contributed by atoms with Gasteiger partial charge in [0.15, 0.2) is 0 Å². The molecular formula is C12H15BrClNO2. The van der Waals surface area contributed by atoms with Crippen LogP contribution in [0.4, 0.5) is 0 Å². The van der Waals surface area contributed by atoms with Crippen LogP contribution in [0.15, 0.2) is 22.7 Å².